The van der Waals surface area contributed by atoms with Gasteiger partial charge in [-0.1, -0.05) is 0 Å². The predicted molar refractivity (Wildman–Crippen MR) is 91.3 cm³/mol. The van der Waals surface area contributed by atoms with Crippen molar-refractivity contribution in [2.24, 2.45) is 7.05 Å². The highest BCUT2D eigenvalue weighted by Gasteiger charge is 2.09. The molecule has 0 amide bonds. The van der Waals surface area contributed by atoms with Gasteiger partial charge in [0, 0.05) is 37.3 Å². The van der Waals surface area contributed by atoms with Gasteiger partial charge < -0.3 is 10.2 Å². The van der Waals surface area contributed by atoms with Crippen LogP contribution in [0.1, 0.15) is 5.69 Å². The Morgan fingerprint density at radius 2 is 2.04 bits per heavy atom. The van der Waals surface area contributed by atoms with Gasteiger partial charge in [-0.3, -0.25) is 9.67 Å². The van der Waals surface area contributed by atoms with Crippen LogP contribution in [0.2, 0.25) is 0 Å². The zero-order chi connectivity index (χ0) is 16.4. The number of likely N-dealkylation sites (N-methyl/N-ethyl adjacent to an activating group) is 1. The Bertz CT molecular complexity index is 822. The molecule has 0 aliphatic rings. The number of nitrogens with zero attached hydrogens (tertiary/aromatic N) is 6. The SMILES string of the molecule is Cc1nn(C)c2ncc(-c3cncc(NCCN(C)C)n3)cc12. The number of rotatable bonds is 5. The first-order chi connectivity index (χ1) is 11.0. The molecule has 23 heavy (non-hydrogen) atoms. The first-order valence-corrected chi connectivity index (χ1v) is 7.55. The highest BCUT2D eigenvalue weighted by molar-refractivity contribution is 5.82. The fourth-order valence-electron chi connectivity index (χ4n) is 2.45. The monoisotopic (exact) mass is 311 g/mol. The molecular formula is C16H21N7. The summed E-state index contributed by atoms with van der Waals surface area (Å²) >= 11 is 0. The van der Waals surface area contributed by atoms with Gasteiger partial charge >= 0.3 is 0 Å². The molecule has 3 aromatic rings. The third kappa shape index (κ3) is 3.29. The number of pyridine rings is 1. The molecule has 0 bridgehead atoms. The minimum absolute atomic E-state index is 0.771. The lowest BCUT2D eigenvalue weighted by atomic mass is 10.1. The molecular weight excluding hydrogens is 290 g/mol. The Kier molecular flexibility index (Phi) is 4.20. The molecule has 0 radical (unpaired) electrons. The molecule has 7 heteroatoms. The van der Waals surface area contributed by atoms with Gasteiger partial charge in [0.15, 0.2) is 5.65 Å². The van der Waals surface area contributed by atoms with E-state index in [-0.39, 0.29) is 0 Å². The summed E-state index contributed by atoms with van der Waals surface area (Å²) in [5.41, 5.74) is 3.58. The van der Waals surface area contributed by atoms with Gasteiger partial charge in [-0.2, -0.15) is 5.10 Å². The minimum atomic E-state index is 0.771. The van der Waals surface area contributed by atoms with E-state index in [0.29, 0.717) is 0 Å². The predicted octanol–water partition coefficient (Wildman–Crippen LogP) is 1.71. The van der Waals surface area contributed by atoms with Crippen LogP contribution in [0, 0.1) is 6.92 Å². The molecule has 1 N–H and O–H groups in total. The number of hydrogen-bond acceptors (Lipinski definition) is 6. The van der Waals surface area contributed by atoms with Crippen LogP contribution in [0.4, 0.5) is 5.82 Å². The van der Waals surface area contributed by atoms with E-state index in [1.165, 1.54) is 0 Å². The average molecular weight is 311 g/mol. The van der Waals surface area contributed by atoms with E-state index in [9.17, 15) is 0 Å². The van der Waals surface area contributed by atoms with E-state index in [1.807, 2.05) is 34.3 Å². The molecule has 3 aromatic heterocycles. The lowest BCUT2D eigenvalue weighted by Crippen LogP contribution is -2.21. The quantitative estimate of drug-likeness (QED) is 0.773. The zero-order valence-corrected chi connectivity index (χ0v) is 13.9. The minimum Gasteiger partial charge on any atom is -0.367 e. The maximum atomic E-state index is 4.62. The number of hydrogen-bond donors (Lipinski definition) is 1. The van der Waals surface area contributed by atoms with Crippen LogP contribution in [0.15, 0.2) is 24.7 Å². The van der Waals surface area contributed by atoms with Crippen LogP contribution in [-0.2, 0) is 7.05 Å². The van der Waals surface area contributed by atoms with Crippen molar-refractivity contribution in [3.8, 4) is 11.3 Å². The van der Waals surface area contributed by atoms with Gasteiger partial charge in [-0.15, -0.1) is 0 Å². The second-order valence-corrected chi connectivity index (χ2v) is 5.82. The van der Waals surface area contributed by atoms with Gasteiger partial charge in [0.2, 0.25) is 0 Å². The van der Waals surface area contributed by atoms with Gasteiger partial charge in [0.1, 0.15) is 5.82 Å². The fourth-order valence-corrected chi connectivity index (χ4v) is 2.45. The van der Waals surface area contributed by atoms with Crippen molar-refractivity contribution in [1.82, 2.24) is 29.6 Å². The molecule has 0 atom stereocenters. The van der Waals surface area contributed by atoms with E-state index in [2.05, 4.69) is 36.3 Å². The normalized spacial score (nSPS) is 11.3. The fraction of sp³-hybridized carbons (Fsp3) is 0.375. The van der Waals surface area contributed by atoms with Crippen molar-refractivity contribution in [2.75, 3.05) is 32.5 Å². The van der Waals surface area contributed by atoms with Gasteiger partial charge in [0.05, 0.1) is 23.8 Å². The van der Waals surface area contributed by atoms with Crippen molar-refractivity contribution >= 4 is 16.9 Å². The van der Waals surface area contributed by atoms with Crippen molar-refractivity contribution in [2.45, 2.75) is 6.92 Å². The summed E-state index contributed by atoms with van der Waals surface area (Å²) in [7, 11) is 5.99. The summed E-state index contributed by atoms with van der Waals surface area (Å²) in [4.78, 5) is 15.5. The number of aromatic nitrogens is 5. The molecule has 0 aliphatic carbocycles. The van der Waals surface area contributed by atoms with Crippen molar-refractivity contribution in [3.63, 3.8) is 0 Å². The number of nitrogens with one attached hydrogen (secondary N) is 1. The molecule has 0 unspecified atom stereocenters. The third-order valence-corrected chi connectivity index (χ3v) is 3.66. The standard InChI is InChI=1S/C16H21N7/c1-11-13-7-12(8-19-16(13)23(4)21-11)14-9-17-10-15(20-14)18-5-6-22(2)3/h7-10H,5-6H2,1-4H3,(H,18,20). The van der Waals surface area contributed by atoms with Gasteiger partial charge in [0.25, 0.3) is 0 Å². The maximum Gasteiger partial charge on any atom is 0.157 e. The highest BCUT2D eigenvalue weighted by atomic mass is 15.3. The van der Waals surface area contributed by atoms with Crippen molar-refractivity contribution < 1.29 is 0 Å². The lowest BCUT2D eigenvalue weighted by molar-refractivity contribution is 0.425. The summed E-state index contributed by atoms with van der Waals surface area (Å²) in [6, 6.07) is 2.07. The molecule has 3 rings (SSSR count). The van der Waals surface area contributed by atoms with Crippen LogP contribution >= 0.6 is 0 Å². The molecule has 0 aromatic carbocycles. The van der Waals surface area contributed by atoms with Crippen LogP contribution in [-0.4, -0.2) is 56.8 Å². The molecule has 120 valence electrons. The summed E-state index contributed by atoms with van der Waals surface area (Å²) in [5.74, 6) is 0.771. The van der Waals surface area contributed by atoms with Crippen LogP contribution in [0.5, 0.6) is 0 Å². The Morgan fingerprint density at radius 3 is 2.83 bits per heavy atom. The first-order valence-electron chi connectivity index (χ1n) is 7.55. The summed E-state index contributed by atoms with van der Waals surface area (Å²) < 4.78 is 1.79. The Labute approximate surface area is 135 Å². The second kappa shape index (κ2) is 6.29. The van der Waals surface area contributed by atoms with Crippen molar-refractivity contribution in [1.29, 1.82) is 0 Å². The summed E-state index contributed by atoms with van der Waals surface area (Å²) in [6.07, 6.45) is 5.31. The summed E-state index contributed by atoms with van der Waals surface area (Å²) in [5, 5.41) is 8.73. The maximum absolute atomic E-state index is 4.62. The number of fused-ring (bicyclic) bond motifs is 1. The van der Waals surface area contributed by atoms with Crippen molar-refractivity contribution in [3.05, 3.63) is 30.4 Å². The Balaban J connectivity index is 1.88. The second-order valence-electron chi connectivity index (χ2n) is 5.82. The van der Waals surface area contributed by atoms with Gasteiger partial charge in [-0.25, -0.2) is 9.97 Å². The van der Waals surface area contributed by atoms with Crippen LogP contribution in [0.25, 0.3) is 22.3 Å². The van der Waals surface area contributed by atoms with E-state index < -0.39 is 0 Å². The lowest BCUT2D eigenvalue weighted by Gasteiger charge is -2.11. The molecule has 0 fully saturated rings. The highest BCUT2D eigenvalue weighted by Crippen LogP contribution is 2.23. The van der Waals surface area contributed by atoms with E-state index >= 15 is 0 Å². The smallest absolute Gasteiger partial charge is 0.157 e. The first kappa shape index (κ1) is 15.4. The molecule has 0 spiro atoms. The number of aryl methyl sites for hydroxylation is 2. The van der Waals surface area contributed by atoms with E-state index in [4.69, 9.17) is 0 Å². The topological polar surface area (TPSA) is 71.8 Å². The molecule has 7 nitrogen and oxygen atoms in total. The zero-order valence-electron chi connectivity index (χ0n) is 13.9. The number of anilines is 1. The van der Waals surface area contributed by atoms with Crippen LogP contribution < -0.4 is 5.32 Å². The molecule has 0 saturated heterocycles. The average Bonchev–Trinajstić information content (AvgIpc) is 2.81. The largest absolute Gasteiger partial charge is 0.367 e. The Hall–Kier alpha value is -2.54. The van der Waals surface area contributed by atoms with Gasteiger partial charge in [-0.05, 0) is 27.1 Å². The summed E-state index contributed by atoms with van der Waals surface area (Å²) in [6.45, 7) is 3.75. The third-order valence-electron chi connectivity index (χ3n) is 3.66. The molecule has 3 heterocycles. The van der Waals surface area contributed by atoms with Crippen LogP contribution in [0.3, 0.4) is 0 Å². The Morgan fingerprint density at radius 1 is 1.22 bits per heavy atom. The van der Waals surface area contributed by atoms with E-state index in [1.54, 1.807) is 17.1 Å². The van der Waals surface area contributed by atoms with E-state index in [0.717, 1.165) is 46.9 Å². The molecule has 0 saturated carbocycles. The molecule has 0 aliphatic heterocycles.